The van der Waals surface area contributed by atoms with Crippen LogP contribution >= 0.6 is 0 Å². The second kappa shape index (κ2) is 11.0. The van der Waals surface area contributed by atoms with Crippen LogP contribution in [-0.4, -0.2) is 23.9 Å². The number of hydrogen-bond donors (Lipinski definition) is 2. The number of primary amides is 1. The van der Waals surface area contributed by atoms with Gasteiger partial charge in [0, 0.05) is 32.1 Å². The second-order valence-corrected chi connectivity index (χ2v) is 7.44. The normalized spacial score (nSPS) is 10.4. The summed E-state index contributed by atoms with van der Waals surface area (Å²) < 4.78 is 24.2. The van der Waals surface area contributed by atoms with Crippen molar-refractivity contribution >= 4 is 11.9 Å². The van der Waals surface area contributed by atoms with Gasteiger partial charge in [0.05, 0.1) is 7.11 Å². The van der Waals surface area contributed by atoms with Gasteiger partial charge < -0.3 is 25.4 Å². The highest BCUT2D eigenvalue weighted by Gasteiger charge is 2.14. The van der Waals surface area contributed by atoms with E-state index in [-0.39, 0.29) is 18.3 Å². The number of rotatable bonds is 9. The topological polar surface area (TPSA) is 93.9 Å². The third kappa shape index (κ3) is 6.96. The number of carbonyl (C=O) groups is 2. The summed E-state index contributed by atoms with van der Waals surface area (Å²) in [7, 11) is 1.57. The fourth-order valence-electron chi connectivity index (χ4n) is 3.26. The van der Waals surface area contributed by atoms with Crippen LogP contribution in [0, 0.1) is 5.82 Å². The molecule has 3 amide bonds. The smallest absolute Gasteiger partial charge is 0.312 e. The fourth-order valence-corrected chi connectivity index (χ4v) is 3.26. The van der Waals surface area contributed by atoms with Gasteiger partial charge in [-0.2, -0.15) is 0 Å². The molecule has 3 rings (SSSR count). The first kappa shape index (κ1) is 23.6. The molecule has 7 nitrogen and oxygen atoms in total. The molecule has 0 radical (unpaired) electrons. The number of nitrogens with two attached hydrogens (primary N) is 1. The van der Waals surface area contributed by atoms with E-state index in [0.717, 1.165) is 16.7 Å². The van der Waals surface area contributed by atoms with E-state index in [1.165, 1.54) is 19.1 Å². The molecule has 172 valence electrons. The molecule has 8 heteroatoms. The van der Waals surface area contributed by atoms with Gasteiger partial charge in [0.25, 0.3) is 0 Å². The zero-order valence-electron chi connectivity index (χ0n) is 18.5. The zero-order chi connectivity index (χ0) is 23.8. The Bertz CT molecular complexity index is 1100. The maximum absolute atomic E-state index is 13.0. The highest BCUT2D eigenvalue weighted by Crippen LogP contribution is 2.25. The van der Waals surface area contributed by atoms with E-state index in [0.29, 0.717) is 30.3 Å². The number of hydrogen-bond acceptors (Lipinski definition) is 4. The Hall–Kier alpha value is -4.07. The molecule has 0 unspecified atom stereocenters. The van der Waals surface area contributed by atoms with Gasteiger partial charge in [0.15, 0.2) is 0 Å². The van der Waals surface area contributed by atoms with Crippen LogP contribution in [-0.2, 0) is 24.4 Å². The van der Waals surface area contributed by atoms with Gasteiger partial charge in [0.1, 0.15) is 23.1 Å². The van der Waals surface area contributed by atoms with Crippen molar-refractivity contribution in [3.8, 4) is 17.2 Å². The van der Waals surface area contributed by atoms with Gasteiger partial charge in [-0.15, -0.1) is 0 Å². The van der Waals surface area contributed by atoms with Gasteiger partial charge >= 0.3 is 6.03 Å². The number of ether oxygens (including phenoxy) is 2. The summed E-state index contributed by atoms with van der Waals surface area (Å²) in [5.41, 5.74) is 7.72. The van der Waals surface area contributed by atoms with Crippen LogP contribution in [0.1, 0.15) is 23.6 Å². The highest BCUT2D eigenvalue weighted by molar-refractivity contribution is 5.73. The number of benzene rings is 3. The Morgan fingerprint density at radius 2 is 1.55 bits per heavy atom. The molecule has 0 saturated carbocycles. The molecule has 0 heterocycles. The van der Waals surface area contributed by atoms with Crippen molar-refractivity contribution in [3.05, 3.63) is 89.2 Å². The van der Waals surface area contributed by atoms with Gasteiger partial charge in [0.2, 0.25) is 5.91 Å². The van der Waals surface area contributed by atoms with Crippen LogP contribution in [0.3, 0.4) is 0 Å². The molecule has 0 saturated heterocycles. The van der Waals surface area contributed by atoms with Crippen LogP contribution < -0.4 is 20.5 Å². The maximum atomic E-state index is 13.0. The van der Waals surface area contributed by atoms with Gasteiger partial charge in [-0.3, -0.25) is 4.79 Å². The van der Waals surface area contributed by atoms with Crippen molar-refractivity contribution in [3.63, 3.8) is 0 Å². The number of methoxy groups -OCH3 is 1. The van der Waals surface area contributed by atoms with Gasteiger partial charge in [-0.25, -0.2) is 9.18 Å². The van der Waals surface area contributed by atoms with E-state index >= 15 is 0 Å². The summed E-state index contributed by atoms with van der Waals surface area (Å²) in [6.07, 6.45) is 0. The van der Waals surface area contributed by atoms with E-state index in [2.05, 4.69) is 5.32 Å². The lowest BCUT2D eigenvalue weighted by Gasteiger charge is -2.23. The Morgan fingerprint density at radius 3 is 2.12 bits per heavy atom. The van der Waals surface area contributed by atoms with E-state index < -0.39 is 6.03 Å². The summed E-state index contributed by atoms with van der Waals surface area (Å²) in [5.74, 6) is 1.37. The predicted octanol–water partition coefficient (Wildman–Crippen LogP) is 4.34. The largest absolute Gasteiger partial charge is 0.496 e. The minimum absolute atomic E-state index is 0.0932. The van der Waals surface area contributed by atoms with E-state index in [4.69, 9.17) is 15.2 Å². The second-order valence-electron chi connectivity index (χ2n) is 7.44. The van der Waals surface area contributed by atoms with Crippen molar-refractivity contribution in [2.75, 3.05) is 7.11 Å². The molecule has 3 aromatic carbocycles. The van der Waals surface area contributed by atoms with Crippen LogP contribution in [0.25, 0.3) is 0 Å². The first-order chi connectivity index (χ1) is 15.8. The third-order valence-electron chi connectivity index (χ3n) is 4.96. The van der Waals surface area contributed by atoms with Crippen molar-refractivity contribution in [1.29, 1.82) is 0 Å². The number of carbonyl (C=O) groups excluding carboxylic acids is 2. The van der Waals surface area contributed by atoms with E-state index in [1.54, 1.807) is 42.3 Å². The average Bonchev–Trinajstić information content (AvgIpc) is 2.80. The van der Waals surface area contributed by atoms with Gasteiger partial charge in [-0.1, -0.05) is 18.2 Å². The SMILES string of the molecule is COc1ccc(CNC(N)=O)cc1CN(Cc1ccc(Oc2ccc(F)cc2)cc1)C(C)=O. The molecule has 33 heavy (non-hydrogen) atoms. The van der Waals surface area contributed by atoms with Gasteiger partial charge in [-0.05, 0) is 59.7 Å². The van der Waals surface area contributed by atoms with E-state index in [9.17, 15) is 14.0 Å². The molecule has 0 aliphatic heterocycles. The summed E-state index contributed by atoms with van der Waals surface area (Å²) in [6.45, 7) is 2.51. The molecule has 0 aromatic heterocycles. The Morgan fingerprint density at radius 1 is 0.939 bits per heavy atom. The lowest BCUT2D eigenvalue weighted by Crippen LogP contribution is -2.29. The van der Waals surface area contributed by atoms with Crippen LogP contribution in [0.2, 0.25) is 0 Å². The number of nitrogens with one attached hydrogen (secondary N) is 1. The molecule has 0 bridgehead atoms. The Kier molecular flexibility index (Phi) is 7.86. The lowest BCUT2D eigenvalue weighted by molar-refractivity contribution is -0.130. The molecule has 3 aromatic rings. The van der Waals surface area contributed by atoms with Crippen LogP contribution in [0.5, 0.6) is 17.2 Å². The summed E-state index contributed by atoms with van der Waals surface area (Å²) in [4.78, 5) is 25.0. The van der Waals surface area contributed by atoms with Crippen molar-refractivity contribution < 1.29 is 23.5 Å². The Balaban J connectivity index is 1.70. The summed E-state index contributed by atoms with van der Waals surface area (Å²) >= 11 is 0. The van der Waals surface area contributed by atoms with E-state index in [1.807, 2.05) is 24.3 Å². The fraction of sp³-hybridized carbons (Fsp3) is 0.200. The number of amides is 3. The van der Waals surface area contributed by atoms with Crippen molar-refractivity contribution in [1.82, 2.24) is 10.2 Å². The number of halogens is 1. The van der Waals surface area contributed by atoms with Crippen molar-refractivity contribution in [2.45, 2.75) is 26.6 Å². The molecule has 0 fully saturated rings. The molecule has 0 spiro atoms. The minimum Gasteiger partial charge on any atom is -0.496 e. The third-order valence-corrected chi connectivity index (χ3v) is 4.96. The van der Waals surface area contributed by atoms with Crippen LogP contribution in [0.15, 0.2) is 66.7 Å². The molecule has 0 aliphatic carbocycles. The molecular weight excluding hydrogens is 425 g/mol. The molecule has 0 aliphatic rings. The van der Waals surface area contributed by atoms with Crippen LogP contribution in [0.4, 0.5) is 9.18 Å². The monoisotopic (exact) mass is 451 g/mol. The molecule has 0 atom stereocenters. The first-order valence-corrected chi connectivity index (χ1v) is 10.3. The number of urea groups is 1. The Labute approximate surface area is 191 Å². The first-order valence-electron chi connectivity index (χ1n) is 10.3. The lowest BCUT2D eigenvalue weighted by atomic mass is 10.1. The van der Waals surface area contributed by atoms with Crippen molar-refractivity contribution in [2.24, 2.45) is 5.73 Å². The zero-order valence-corrected chi connectivity index (χ0v) is 18.5. The summed E-state index contributed by atoms with van der Waals surface area (Å²) in [5, 5.41) is 2.55. The molecule has 3 N–H and O–H groups in total. The predicted molar refractivity (Wildman–Crippen MR) is 122 cm³/mol. The quantitative estimate of drug-likeness (QED) is 0.506. The average molecular weight is 451 g/mol. The highest BCUT2D eigenvalue weighted by atomic mass is 19.1. The maximum Gasteiger partial charge on any atom is 0.312 e. The number of nitrogens with zero attached hydrogens (tertiary/aromatic N) is 1. The molecular formula is C25H26FN3O4. The minimum atomic E-state index is -0.607. The standard InChI is InChI=1S/C25H26FN3O4/c1-17(30)29(16-20-13-19(14-28-25(27)31)5-12-24(20)32-2)15-18-3-8-22(9-4-18)33-23-10-6-21(26)7-11-23/h3-13H,14-16H2,1-2H3,(H3,27,28,31). The summed E-state index contributed by atoms with van der Waals surface area (Å²) in [6, 6.07) is 18.0.